The molecule has 16 heavy (non-hydrogen) atoms. The summed E-state index contributed by atoms with van der Waals surface area (Å²) in [6.07, 6.45) is 3.17. The number of carbonyl (C=O) groups excluding carboxylic acids is 2. The fourth-order valence-corrected chi connectivity index (χ4v) is 2.05. The first-order chi connectivity index (χ1) is 7.33. The molecule has 0 saturated heterocycles. The predicted octanol–water partition coefficient (Wildman–Crippen LogP) is 2.02. The lowest BCUT2D eigenvalue weighted by Gasteiger charge is -2.27. The highest BCUT2D eigenvalue weighted by Crippen LogP contribution is 2.36. The van der Waals surface area contributed by atoms with E-state index < -0.39 is 17.3 Å². The van der Waals surface area contributed by atoms with E-state index in [1.807, 2.05) is 0 Å². The zero-order chi connectivity index (χ0) is 12.3. The minimum Gasteiger partial charge on any atom is -0.335 e. The first-order valence-electron chi connectivity index (χ1n) is 5.58. The van der Waals surface area contributed by atoms with E-state index in [0.29, 0.717) is 0 Å². The summed E-state index contributed by atoms with van der Waals surface area (Å²) in [5.74, 6) is -0.463. The van der Waals surface area contributed by atoms with E-state index in [9.17, 15) is 9.59 Å². The third-order valence-corrected chi connectivity index (χ3v) is 3.36. The highest BCUT2D eigenvalue weighted by molar-refractivity contribution is 6.31. The van der Waals surface area contributed by atoms with Crippen LogP contribution in [-0.4, -0.2) is 23.4 Å². The average Bonchev–Trinajstić information content (AvgIpc) is 2.45. The molecule has 0 bridgehead atoms. The van der Waals surface area contributed by atoms with Gasteiger partial charge in [-0.05, 0) is 25.2 Å². The zero-order valence-electron chi connectivity index (χ0n) is 9.97. The molecule has 2 unspecified atom stereocenters. The van der Waals surface area contributed by atoms with Crippen molar-refractivity contribution in [1.29, 1.82) is 0 Å². The summed E-state index contributed by atoms with van der Waals surface area (Å²) in [4.78, 5) is 22.7. The minimum absolute atomic E-state index is 0.104. The van der Waals surface area contributed by atoms with Crippen LogP contribution in [0.1, 0.15) is 40.0 Å². The van der Waals surface area contributed by atoms with Gasteiger partial charge >= 0.3 is 6.03 Å². The van der Waals surface area contributed by atoms with Crippen LogP contribution in [0, 0.1) is 5.41 Å². The number of nitrogens with one attached hydrogen (secondary N) is 2. The van der Waals surface area contributed by atoms with Gasteiger partial charge in [-0.1, -0.05) is 20.3 Å². The molecule has 5 heteroatoms. The van der Waals surface area contributed by atoms with E-state index in [-0.39, 0.29) is 11.5 Å². The summed E-state index contributed by atoms with van der Waals surface area (Å²) >= 11 is 5.55. The van der Waals surface area contributed by atoms with Crippen LogP contribution >= 0.6 is 11.6 Å². The smallest absolute Gasteiger partial charge is 0.321 e. The third-order valence-electron chi connectivity index (χ3n) is 3.16. The van der Waals surface area contributed by atoms with E-state index >= 15 is 0 Å². The molecule has 0 aromatic rings. The Morgan fingerprint density at radius 3 is 2.50 bits per heavy atom. The van der Waals surface area contributed by atoms with E-state index in [1.54, 1.807) is 0 Å². The summed E-state index contributed by atoms with van der Waals surface area (Å²) in [5.41, 5.74) is 0.104. The topological polar surface area (TPSA) is 58.2 Å². The lowest BCUT2D eigenvalue weighted by atomic mass is 9.87. The molecule has 1 rings (SSSR count). The number of halogens is 1. The van der Waals surface area contributed by atoms with Gasteiger partial charge in [0.25, 0.3) is 0 Å². The zero-order valence-corrected chi connectivity index (χ0v) is 10.7. The number of amides is 3. The Bertz CT molecular complexity index is 290. The quantitative estimate of drug-likeness (QED) is 0.733. The largest absolute Gasteiger partial charge is 0.335 e. The molecule has 0 aromatic heterocycles. The molecule has 0 aromatic carbocycles. The van der Waals surface area contributed by atoms with Gasteiger partial charge in [-0.2, -0.15) is 0 Å². The second kappa shape index (κ2) is 5.04. The molecule has 0 heterocycles. The van der Waals surface area contributed by atoms with Crippen LogP contribution < -0.4 is 10.6 Å². The average molecular weight is 247 g/mol. The standard InChI is InChI=1S/C11H19ClN2O2/c1-7(12)9(15)14-10(16)13-8-5-4-6-11(8,2)3/h7-8H,4-6H2,1-3H3,(H2,13,14,15,16). The molecule has 92 valence electrons. The number of carbonyl (C=O) groups is 2. The lowest BCUT2D eigenvalue weighted by Crippen LogP contribution is -2.49. The van der Waals surface area contributed by atoms with Crippen LogP contribution in [0.15, 0.2) is 0 Å². The third kappa shape index (κ3) is 3.37. The monoisotopic (exact) mass is 246 g/mol. The fraction of sp³-hybridized carbons (Fsp3) is 0.818. The fourth-order valence-electron chi connectivity index (χ4n) is 2.00. The van der Waals surface area contributed by atoms with Gasteiger partial charge in [0.2, 0.25) is 5.91 Å². The molecule has 2 atom stereocenters. The van der Waals surface area contributed by atoms with Crippen molar-refractivity contribution in [3.63, 3.8) is 0 Å². The van der Waals surface area contributed by atoms with Gasteiger partial charge in [-0.3, -0.25) is 10.1 Å². The number of alkyl halides is 1. The van der Waals surface area contributed by atoms with E-state index in [4.69, 9.17) is 11.6 Å². The van der Waals surface area contributed by atoms with Crippen LogP contribution in [0.3, 0.4) is 0 Å². The van der Waals surface area contributed by atoms with Crippen LogP contribution in [-0.2, 0) is 4.79 Å². The number of hydrogen-bond donors (Lipinski definition) is 2. The molecular weight excluding hydrogens is 228 g/mol. The summed E-state index contributed by atoms with van der Waals surface area (Å²) in [5, 5.41) is 4.36. The van der Waals surface area contributed by atoms with Crippen molar-refractivity contribution in [2.75, 3.05) is 0 Å². The van der Waals surface area contributed by atoms with Crippen LogP contribution in [0.2, 0.25) is 0 Å². The van der Waals surface area contributed by atoms with Crippen LogP contribution in [0.25, 0.3) is 0 Å². The lowest BCUT2D eigenvalue weighted by molar-refractivity contribution is -0.119. The van der Waals surface area contributed by atoms with Crippen LogP contribution in [0.5, 0.6) is 0 Å². The molecule has 1 saturated carbocycles. The van der Waals surface area contributed by atoms with Crippen molar-refractivity contribution in [1.82, 2.24) is 10.6 Å². The molecule has 3 amide bonds. The van der Waals surface area contributed by atoms with E-state index in [0.717, 1.165) is 19.3 Å². The number of rotatable bonds is 2. The van der Waals surface area contributed by atoms with Gasteiger partial charge in [0.1, 0.15) is 5.38 Å². The Balaban J connectivity index is 2.43. The van der Waals surface area contributed by atoms with Crippen LogP contribution in [0.4, 0.5) is 4.79 Å². The first-order valence-corrected chi connectivity index (χ1v) is 6.02. The van der Waals surface area contributed by atoms with E-state index in [1.165, 1.54) is 6.92 Å². The van der Waals surface area contributed by atoms with Crippen molar-refractivity contribution >= 4 is 23.5 Å². The predicted molar refractivity (Wildman–Crippen MR) is 63.4 cm³/mol. The number of hydrogen-bond acceptors (Lipinski definition) is 2. The minimum atomic E-state index is -0.692. The maximum atomic E-state index is 11.5. The number of urea groups is 1. The van der Waals surface area contributed by atoms with Crippen molar-refractivity contribution in [3.05, 3.63) is 0 Å². The second-order valence-corrected chi connectivity index (χ2v) is 5.67. The van der Waals surface area contributed by atoms with Gasteiger partial charge in [-0.15, -0.1) is 11.6 Å². The molecule has 0 spiro atoms. The SMILES string of the molecule is CC(Cl)C(=O)NC(=O)NC1CCCC1(C)C. The Kier molecular flexibility index (Phi) is 4.19. The summed E-state index contributed by atoms with van der Waals surface area (Å²) < 4.78 is 0. The Morgan fingerprint density at radius 2 is 2.06 bits per heavy atom. The molecule has 2 N–H and O–H groups in total. The van der Waals surface area contributed by atoms with Gasteiger partial charge < -0.3 is 5.32 Å². The molecular formula is C11H19ClN2O2. The highest BCUT2D eigenvalue weighted by atomic mass is 35.5. The molecule has 0 radical (unpaired) electrons. The highest BCUT2D eigenvalue weighted by Gasteiger charge is 2.35. The van der Waals surface area contributed by atoms with Crippen molar-refractivity contribution in [3.8, 4) is 0 Å². The van der Waals surface area contributed by atoms with Crippen molar-refractivity contribution in [2.45, 2.75) is 51.5 Å². The normalized spacial score (nSPS) is 24.9. The number of imide groups is 1. The summed E-state index contributed by atoms with van der Waals surface area (Å²) in [6.45, 7) is 5.78. The maximum absolute atomic E-state index is 11.5. The van der Waals surface area contributed by atoms with Crippen molar-refractivity contribution < 1.29 is 9.59 Å². The van der Waals surface area contributed by atoms with Crippen molar-refractivity contribution in [2.24, 2.45) is 5.41 Å². The molecule has 1 aliphatic carbocycles. The Hall–Kier alpha value is -0.770. The van der Waals surface area contributed by atoms with Gasteiger partial charge in [0, 0.05) is 6.04 Å². The summed E-state index contributed by atoms with van der Waals surface area (Å²) in [6, 6.07) is -0.316. The van der Waals surface area contributed by atoms with Gasteiger partial charge in [0.05, 0.1) is 0 Å². The second-order valence-electron chi connectivity index (χ2n) is 5.01. The maximum Gasteiger partial charge on any atom is 0.321 e. The molecule has 1 aliphatic rings. The Morgan fingerprint density at radius 1 is 1.44 bits per heavy atom. The van der Waals surface area contributed by atoms with Gasteiger partial charge in [0.15, 0.2) is 0 Å². The molecule has 4 nitrogen and oxygen atoms in total. The summed E-state index contributed by atoms with van der Waals surface area (Å²) in [7, 11) is 0. The van der Waals surface area contributed by atoms with E-state index in [2.05, 4.69) is 24.5 Å². The Labute approximate surface area is 101 Å². The first kappa shape index (κ1) is 13.3. The molecule has 1 fully saturated rings. The van der Waals surface area contributed by atoms with Gasteiger partial charge in [-0.25, -0.2) is 4.79 Å². The molecule has 0 aliphatic heterocycles.